The number of rotatable bonds is 6. The lowest BCUT2D eigenvalue weighted by molar-refractivity contribution is -0.384. The van der Waals surface area contributed by atoms with Crippen LogP contribution in [0, 0.1) is 17.0 Å². The molecule has 0 aliphatic carbocycles. The first-order valence-corrected chi connectivity index (χ1v) is 10.1. The number of amides is 1. The highest BCUT2D eigenvalue weighted by atomic mass is 32.1. The van der Waals surface area contributed by atoms with E-state index in [1.54, 1.807) is 36.7 Å². The van der Waals surface area contributed by atoms with Crippen LogP contribution in [0.25, 0.3) is 17.0 Å². The lowest BCUT2D eigenvalue weighted by atomic mass is 10.1. The van der Waals surface area contributed by atoms with Gasteiger partial charge in [-0.15, -0.1) is 16.4 Å². The number of carbonyl (C=O) groups is 2. The monoisotopic (exact) mass is 453 g/mol. The molecule has 4 rings (SSSR count). The van der Waals surface area contributed by atoms with Gasteiger partial charge in [-0.3, -0.25) is 20.2 Å². The molecule has 3 aromatic heterocycles. The first kappa shape index (κ1) is 21.0. The van der Waals surface area contributed by atoms with Gasteiger partial charge >= 0.3 is 5.97 Å². The number of aryl methyl sites for hydroxylation is 1. The average Bonchev–Trinajstić information content (AvgIpc) is 3.42. The van der Waals surface area contributed by atoms with Crippen molar-refractivity contribution in [2.75, 3.05) is 5.32 Å². The van der Waals surface area contributed by atoms with Crippen molar-refractivity contribution in [3.8, 4) is 11.3 Å². The molecule has 1 amide bonds. The summed E-state index contributed by atoms with van der Waals surface area (Å²) in [6.45, 7) is 3.19. The molecule has 0 saturated heterocycles. The van der Waals surface area contributed by atoms with E-state index >= 15 is 0 Å². The average molecular weight is 453 g/mol. The number of non-ortho nitro benzene ring substituents is 1. The van der Waals surface area contributed by atoms with Crippen molar-refractivity contribution >= 4 is 39.8 Å². The minimum atomic E-state index is -1.15. The minimum Gasteiger partial charge on any atom is -0.447 e. The van der Waals surface area contributed by atoms with Gasteiger partial charge in [-0.25, -0.2) is 19.3 Å². The van der Waals surface area contributed by atoms with Crippen molar-refractivity contribution < 1.29 is 19.2 Å². The maximum atomic E-state index is 12.4. The molecule has 0 fully saturated rings. The number of benzene rings is 1. The molecule has 0 spiro atoms. The number of nitrogens with one attached hydrogen (secondary N) is 1. The molecule has 12 nitrogen and oxygen atoms in total. The number of thiazole rings is 1. The lowest BCUT2D eigenvalue weighted by Crippen LogP contribution is -2.30. The van der Waals surface area contributed by atoms with Crippen molar-refractivity contribution in [3.05, 3.63) is 63.5 Å². The molecule has 13 heteroatoms. The van der Waals surface area contributed by atoms with Gasteiger partial charge in [-0.05, 0) is 19.9 Å². The van der Waals surface area contributed by atoms with Crippen molar-refractivity contribution in [1.82, 2.24) is 24.6 Å². The van der Waals surface area contributed by atoms with E-state index in [2.05, 4.69) is 25.4 Å². The number of hydrogen-bond acceptors (Lipinski definition) is 10. The van der Waals surface area contributed by atoms with Gasteiger partial charge in [-0.1, -0.05) is 12.1 Å². The lowest BCUT2D eigenvalue weighted by Gasteiger charge is -2.10. The zero-order valence-electron chi connectivity index (χ0n) is 16.8. The molecule has 32 heavy (non-hydrogen) atoms. The van der Waals surface area contributed by atoms with Crippen LogP contribution in [0.5, 0.6) is 0 Å². The zero-order valence-corrected chi connectivity index (χ0v) is 17.6. The third-order valence-corrected chi connectivity index (χ3v) is 5.11. The highest BCUT2D eigenvalue weighted by molar-refractivity contribution is 7.14. The molecular formula is C19H15N7O5S. The quantitative estimate of drug-likeness (QED) is 0.263. The summed E-state index contributed by atoms with van der Waals surface area (Å²) in [6, 6.07) is 7.71. The van der Waals surface area contributed by atoms with E-state index in [1.165, 1.54) is 23.6 Å². The summed E-state index contributed by atoms with van der Waals surface area (Å²) < 4.78 is 6.55. The molecule has 0 radical (unpaired) electrons. The fourth-order valence-electron chi connectivity index (χ4n) is 2.71. The Bertz CT molecular complexity index is 1350. The van der Waals surface area contributed by atoms with Gasteiger partial charge in [0.2, 0.25) is 0 Å². The third kappa shape index (κ3) is 4.27. The highest BCUT2D eigenvalue weighted by Crippen LogP contribution is 2.27. The van der Waals surface area contributed by atoms with Crippen LogP contribution in [0.3, 0.4) is 0 Å². The third-order valence-electron chi connectivity index (χ3n) is 4.35. The Hall–Kier alpha value is -4.26. The van der Waals surface area contributed by atoms with E-state index in [9.17, 15) is 19.7 Å². The van der Waals surface area contributed by atoms with Crippen molar-refractivity contribution in [1.29, 1.82) is 0 Å². The maximum absolute atomic E-state index is 12.4. The number of anilines is 1. The Morgan fingerprint density at radius 3 is 2.84 bits per heavy atom. The van der Waals surface area contributed by atoms with E-state index in [0.717, 1.165) is 17.0 Å². The molecule has 0 aliphatic rings. The summed E-state index contributed by atoms with van der Waals surface area (Å²) in [4.78, 5) is 47.5. The first-order valence-electron chi connectivity index (χ1n) is 9.22. The van der Waals surface area contributed by atoms with E-state index < -0.39 is 22.9 Å². The number of carbonyl (C=O) groups excluding carboxylic acids is 2. The minimum absolute atomic E-state index is 0.0624. The largest absolute Gasteiger partial charge is 0.447 e. The van der Waals surface area contributed by atoms with Gasteiger partial charge in [0, 0.05) is 35.0 Å². The summed E-state index contributed by atoms with van der Waals surface area (Å²) in [6.07, 6.45) is 0.397. The zero-order chi connectivity index (χ0) is 22.8. The van der Waals surface area contributed by atoms with Gasteiger partial charge in [-0.2, -0.15) is 4.98 Å². The van der Waals surface area contributed by atoms with E-state index in [0.29, 0.717) is 11.3 Å². The number of fused-ring (bicyclic) bond motifs is 1. The van der Waals surface area contributed by atoms with Gasteiger partial charge in [0.15, 0.2) is 11.2 Å². The molecule has 0 bridgehead atoms. The van der Waals surface area contributed by atoms with Crippen LogP contribution in [0.2, 0.25) is 0 Å². The van der Waals surface area contributed by atoms with Crippen LogP contribution in [0.15, 0.2) is 41.9 Å². The number of nitro groups is 1. The molecule has 0 saturated carbocycles. The van der Waals surface area contributed by atoms with Crippen LogP contribution < -0.4 is 5.32 Å². The Balaban J connectivity index is 1.41. The molecule has 0 aliphatic heterocycles. The number of esters is 1. The van der Waals surface area contributed by atoms with E-state index in [1.807, 2.05) is 0 Å². The predicted molar refractivity (Wildman–Crippen MR) is 113 cm³/mol. The van der Waals surface area contributed by atoms with Crippen molar-refractivity contribution in [2.24, 2.45) is 0 Å². The normalized spacial score (nSPS) is 11.8. The van der Waals surface area contributed by atoms with E-state index in [-0.39, 0.29) is 22.4 Å². The number of ether oxygens (including phenoxy) is 1. The molecular weight excluding hydrogens is 438 g/mol. The summed E-state index contributed by atoms with van der Waals surface area (Å²) >= 11 is 1.13. The summed E-state index contributed by atoms with van der Waals surface area (Å²) in [7, 11) is 0. The summed E-state index contributed by atoms with van der Waals surface area (Å²) in [5, 5.41) is 19.5. The van der Waals surface area contributed by atoms with Crippen LogP contribution in [-0.2, 0) is 9.53 Å². The number of hydrogen-bond donors (Lipinski definition) is 1. The summed E-state index contributed by atoms with van der Waals surface area (Å²) in [5.74, 6) is -1.44. The number of nitro benzene ring substituents is 1. The second kappa shape index (κ2) is 8.47. The molecule has 1 unspecified atom stereocenters. The molecule has 1 N–H and O–H groups in total. The molecule has 3 heterocycles. The van der Waals surface area contributed by atoms with E-state index in [4.69, 9.17) is 4.74 Å². The second-order valence-electron chi connectivity index (χ2n) is 6.62. The Labute approximate surface area is 184 Å². The molecule has 1 aromatic carbocycles. The maximum Gasteiger partial charge on any atom is 0.379 e. The van der Waals surface area contributed by atoms with Crippen LogP contribution in [-0.4, -0.2) is 47.5 Å². The molecule has 4 aromatic rings. The van der Waals surface area contributed by atoms with Gasteiger partial charge < -0.3 is 4.74 Å². The van der Waals surface area contributed by atoms with Crippen molar-refractivity contribution in [2.45, 2.75) is 20.0 Å². The van der Waals surface area contributed by atoms with Crippen LogP contribution in [0.1, 0.15) is 23.2 Å². The van der Waals surface area contributed by atoms with Crippen molar-refractivity contribution in [3.63, 3.8) is 0 Å². The summed E-state index contributed by atoms with van der Waals surface area (Å²) in [5.41, 5.74) is 1.68. The van der Waals surface area contributed by atoms with Crippen LogP contribution >= 0.6 is 11.3 Å². The second-order valence-corrected chi connectivity index (χ2v) is 7.47. The van der Waals surface area contributed by atoms with Gasteiger partial charge in [0.05, 0.1) is 10.6 Å². The Morgan fingerprint density at radius 2 is 2.09 bits per heavy atom. The first-order chi connectivity index (χ1) is 15.3. The Kier molecular flexibility index (Phi) is 5.55. The highest BCUT2D eigenvalue weighted by Gasteiger charge is 2.23. The fourth-order valence-corrected chi connectivity index (χ4v) is 3.43. The standard InChI is InChI=1S/C19H15N7O5S/c1-10-6-7-20-18-22-15(24-25(10)18)17(28)31-11(2)16(27)23-19-21-14(9-32-19)12-4-3-5-13(8-12)26(29)30/h3-9,11H,1-2H3,(H,21,23,27). The molecule has 1 atom stereocenters. The topological polar surface area (TPSA) is 155 Å². The number of aromatic nitrogens is 5. The smallest absolute Gasteiger partial charge is 0.379 e. The SMILES string of the molecule is Cc1ccnc2nc(C(=O)OC(C)C(=O)Nc3nc(-c4cccc([N+](=O)[O-])c4)cs3)nn12. The predicted octanol–water partition coefficient (Wildman–Crippen LogP) is 2.65. The molecule has 162 valence electrons. The van der Waals surface area contributed by atoms with Gasteiger partial charge in [0.25, 0.3) is 23.2 Å². The van der Waals surface area contributed by atoms with Gasteiger partial charge in [0.1, 0.15) is 0 Å². The fraction of sp³-hybridized carbons (Fsp3) is 0.158. The number of nitrogens with zero attached hydrogens (tertiary/aromatic N) is 6. The van der Waals surface area contributed by atoms with Crippen LogP contribution in [0.4, 0.5) is 10.8 Å². The Morgan fingerprint density at radius 1 is 1.28 bits per heavy atom.